The third-order valence-corrected chi connectivity index (χ3v) is 4.24. The number of nitrogens with zero attached hydrogens (tertiary/aromatic N) is 1. The highest BCUT2D eigenvalue weighted by molar-refractivity contribution is 6.02. The molecule has 1 amide bonds. The number of amides is 1. The van der Waals surface area contributed by atoms with Gasteiger partial charge in [-0.1, -0.05) is 33.1 Å². The third-order valence-electron chi connectivity index (χ3n) is 4.24. The van der Waals surface area contributed by atoms with Gasteiger partial charge >= 0.3 is 5.97 Å². The predicted octanol–water partition coefficient (Wildman–Crippen LogP) is 3.49. The van der Waals surface area contributed by atoms with Crippen LogP contribution >= 0.6 is 0 Å². The van der Waals surface area contributed by atoms with Crippen LogP contribution in [0.15, 0.2) is 18.2 Å². The van der Waals surface area contributed by atoms with Crippen molar-refractivity contribution in [1.29, 1.82) is 0 Å². The van der Waals surface area contributed by atoms with E-state index < -0.39 is 5.97 Å². The summed E-state index contributed by atoms with van der Waals surface area (Å²) in [5, 5.41) is 9.03. The van der Waals surface area contributed by atoms with Crippen molar-refractivity contribution in [2.45, 2.75) is 46.0 Å². The van der Waals surface area contributed by atoms with Gasteiger partial charge in [-0.25, -0.2) is 4.79 Å². The first-order valence-electron chi connectivity index (χ1n) is 7.73. The lowest BCUT2D eigenvalue weighted by atomic mass is 9.98. The smallest absolute Gasteiger partial charge is 0.335 e. The number of rotatable bonds is 7. The van der Waals surface area contributed by atoms with Crippen molar-refractivity contribution in [3.63, 3.8) is 0 Å². The van der Waals surface area contributed by atoms with Crippen LogP contribution < -0.4 is 4.90 Å². The Kier molecular flexibility index (Phi) is 4.99. The highest BCUT2D eigenvalue weighted by Gasteiger charge is 2.29. The van der Waals surface area contributed by atoms with E-state index in [2.05, 4.69) is 13.8 Å². The highest BCUT2D eigenvalue weighted by Crippen LogP contribution is 2.31. The van der Waals surface area contributed by atoms with E-state index in [9.17, 15) is 9.59 Å². The van der Waals surface area contributed by atoms with Crippen LogP contribution in [0, 0.1) is 5.92 Å². The van der Waals surface area contributed by atoms with Crippen molar-refractivity contribution in [3.05, 3.63) is 29.3 Å². The quantitative estimate of drug-likeness (QED) is 0.836. The van der Waals surface area contributed by atoms with Crippen molar-refractivity contribution < 1.29 is 14.7 Å². The highest BCUT2D eigenvalue weighted by atomic mass is 16.4. The molecule has 0 fully saturated rings. The fourth-order valence-electron chi connectivity index (χ4n) is 2.89. The molecule has 4 heteroatoms. The zero-order valence-corrected chi connectivity index (χ0v) is 12.8. The monoisotopic (exact) mass is 289 g/mol. The first-order chi connectivity index (χ1) is 10.1. The van der Waals surface area contributed by atoms with Crippen molar-refractivity contribution in [2.24, 2.45) is 5.92 Å². The van der Waals surface area contributed by atoms with Gasteiger partial charge in [-0.2, -0.15) is 0 Å². The maximum atomic E-state index is 12.2. The molecule has 0 bridgehead atoms. The van der Waals surface area contributed by atoms with Gasteiger partial charge in [0.05, 0.1) is 12.0 Å². The zero-order valence-electron chi connectivity index (χ0n) is 12.8. The van der Waals surface area contributed by atoms with E-state index in [1.165, 1.54) is 12.8 Å². The van der Waals surface area contributed by atoms with Gasteiger partial charge in [0, 0.05) is 12.2 Å². The molecule has 0 saturated heterocycles. The third kappa shape index (κ3) is 3.43. The summed E-state index contributed by atoms with van der Waals surface area (Å²) in [5.74, 6) is -0.348. The molecule has 1 aliphatic rings. The topological polar surface area (TPSA) is 57.6 Å². The van der Waals surface area contributed by atoms with Gasteiger partial charge < -0.3 is 10.0 Å². The average molecular weight is 289 g/mol. The van der Waals surface area contributed by atoms with Crippen LogP contribution in [0.1, 0.15) is 55.5 Å². The SMILES string of the molecule is CCCCC(CC)CN1C(=O)Cc2cc(C(=O)O)ccc21. The maximum Gasteiger partial charge on any atom is 0.335 e. The van der Waals surface area contributed by atoms with E-state index in [1.807, 2.05) is 4.90 Å². The molecule has 1 heterocycles. The first-order valence-corrected chi connectivity index (χ1v) is 7.73. The molecule has 1 aromatic rings. The molecule has 1 unspecified atom stereocenters. The Labute approximate surface area is 125 Å². The van der Waals surface area contributed by atoms with E-state index in [-0.39, 0.29) is 11.5 Å². The molecule has 0 spiro atoms. The van der Waals surface area contributed by atoms with Gasteiger partial charge in [-0.15, -0.1) is 0 Å². The molecule has 21 heavy (non-hydrogen) atoms. The van der Waals surface area contributed by atoms with Crippen LogP contribution in [0.5, 0.6) is 0 Å². The lowest BCUT2D eigenvalue weighted by Crippen LogP contribution is -2.32. The lowest BCUT2D eigenvalue weighted by molar-refractivity contribution is -0.117. The maximum absolute atomic E-state index is 12.2. The Morgan fingerprint density at radius 2 is 2.14 bits per heavy atom. The summed E-state index contributed by atoms with van der Waals surface area (Å²) in [6.07, 6.45) is 4.88. The predicted molar refractivity (Wildman–Crippen MR) is 82.8 cm³/mol. The van der Waals surface area contributed by atoms with E-state index >= 15 is 0 Å². The summed E-state index contributed by atoms with van der Waals surface area (Å²) in [4.78, 5) is 25.1. The molecule has 114 valence electrons. The number of hydrogen-bond donors (Lipinski definition) is 1. The van der Waals surface area contributed by atoms with Crippen LogP contribution in [0.4, 0.5) is 5.69 Å². The Morgan fingerprint density at radius 3 is 2.76 bits per heavy atom. The van der Waals surface area contributed by atoms with Gasteiger partial charge in [-0.05, 0) is 36.1 Å². The number of carboxylic acid groups (broad SMARTS) is 1. The molecule has 0 aromatic heterocycles. The number of unbranched alkanes of at least 4 members (excludes halogenated alkanes) is 1. The first kappa shape index (κ1) is 15.5. The number of fused-ring (bicyclic) bond motifs is 1. The largest absolute Gasteiger partial charge is 0.478 e. The summed E-state index contributed by atoms with van der Waals surface area (Å²) >= 11 is 0. The number of anilines is 1. The lowest BCUT2D eigenvalue weighted by Gasteiger charge is -2.23. The molecule has 0 saturated carbocycles. The number of aromatic carboxylic acids is 1. The van der Waals surface area contributed by atoms with Gasteiger partial charge in [0.2, 0.25) is 5.91 Å². The standard InChI is InChI=1S/C17H23NO3/c1-3-5-6-12(4-2)11-18-15-8-7-13(17(20)21)9-14(15)10-16(18)19/h7-9,12H,3-6,10-11H2,1-2H3,(H,20,21). The molecule has 0 radical (unpaired) electrons. The summed E-state index contributed by atoms with van der Waals surface area (Å²) in [7, 11) is 0. The Balaban J connectivity index is 2.16. The summed E-state index contributed by atoms with van der Waals surface area (Å²) in [6, 6.07) is 4.98. The van der Waals surface area contributed by atoms with E-state index in [1.54, 1.807) is 18.2 Å². The molecule has 2 rings (SSSR count). The number of carbonyl (C=O) groups is 2. The van der Waals surface area contributed by atoms with Gasteiger partial charge in [-0.3, -0.25) is 4.79 Å². The number of hydrogen-bond acceptors (Lipinski definition) is 2. The Morgan fingerprint density at radius 1 is 1.38 bits per heavy atom. The van der Waals surface area contributed by atoms with E-state index in [4.69, 9.17) is 5.11 Å². The average Bonchev–Trinajstić information content (AvgIpc) is 2.78. The molecule has 1 aliphatic heterocycles. The Hall–Kier alpha value is -1.84. The molecule has 4 nitrogen and oxygen atoms in total. The Bertz CT molecular complexity index is 539. The van der Waals surface area contributed by atoms with Crippen LogP contribution in [0.25, 0.3) is 0 Å². The van der Waals surface area contributed by atoms with Crippen LogP contribution in [-0.4, -0.2) is 23.5 Å². The summed E-state index contributed by atoms with van der Waals surface area (Å²) in [5.41, 5.74) is 1.98. The zero-order chi connectivity index (χ0) is 15.4. The normalized spacial score (nSPS) is 15.1. The summed E-state index contributed by atoms with van der Waals surface area (Å²) in [6.45, 7) is 5.08. The minimum atomic E-state index is -0.946. The molecule has 1 atom stereocenters. The second kappa shape index (κ2) is 6.74. The number of benzene rings is 1. The molecule has 1 N–H and O–H groups in total. The molecule has 0 aliphatic carbocycles. The van der Waals surface area contributed by atoms with Crippen LogP contribution in [0.2, 0.25) is 0 Å². The summed E-state index contributed by atoms with van der Waals surface area (Å²) < 4.78 is 0. The fourth-order valence-corrected chi connectivity index (χ4v) is 2.89. The minimum absolute atomic E-state index is 0.0856. The van der Waals surface area contributed by atoms with Crippen molar-refractivity contribution in [2.75, 3.05) is 11.4 Å². The second-order valence-electron chi connectivity index (χ2n) is 5.75. The molecular formula is C17H23NO3. The van der Waals surface area contributed by atoms with Gasteiger partial charge in [0.1, 0.15) is 0 Å². The van der Waals surface area contributed by atoms with Gasteiger partial charge in [0.15, 0.2) is 0 Å². The minimum Gasteiger partial charge on any atom is -0.478 e. The van der Waals surface area contributed by atoms with Crippen molar-refractivity contribution in [1.82, 2.24) is 0 Å². The fraction of sp³-hybridized carbons (Fsp3) is 0.529. The van der Waals surface area contributed by atoms with E-state index in [0.29, 0.717) is 12.3 Å². The second-order valence-corrected chi connectivity index (χ2v) is 5.75. The van der Waals surface area contributed by atoms with E-state index in [0.717, 1.165) is 30.6 Å². The van der Waals surface area contributed by atoms with Gasteiger partial charge in [0.25, 0.3) is 0 Å². The molecule has 1 aromatic carbocycles. The van der Waals surface area contributed by atoms with Crippen molar-refractivity contribution >= 4 is 17.6 Å². The number of carbonyl (C=O) groups excluding carboxylic acids is 1. The molecular weight excluding hydrogens is 266 g/mol. The number of carboxylic acids is 1. The van der Waals surface area contributed by atoms with Crippen LogP contribution in [-0.2, 0) is 11.2 Å². The van der Waals surface area contributed by atoms with Crippen molar-refractivity contribution in [3.8, 4) is 0 Å². The van der Waals surface area contributed by atoms with Crippen LogP contribution in [0.3, 0.4) is 0 Å².